The third-order valence-corrected chi connectivity index (χ3v) is 4.51. The molecule has 0 spiro atoms. The van der Waals surface area contributed by atoms with Crippen molar-refractivity contribution >= 4 is 23.2 Å². The van der Waals surface area contributed by atoms with E-state index in [2.05, 4.69) is 18.3 Å². The minimum absolute atomic E-state index is 0.646. The largest absolute Gasteiger partial charge is 0.316 e. The zero-order chi connectivity index (χ0) is 12.3. The van der Waals surface area contributed by atoms with Crippen LogP contribution >= 0.6 is 23.2 Å². The van der Waals surface area contributed by atoms with Gasteiger partial charge < -0.3 is 5.32 Å². The highest BCUT2D eigenvalue weighted by Gasteiger charge is 2.23. The van der Waals surface area contributed by atoms with Gasteiger partial charge in [0.15, 0.2) is 0 Å². The average Bonchev–Trinajstić information content (AvgIpc) is 2.34. The van der Waals surface area contributed by atoms with Crippen LogP contribution in [-0.4, -0.2) is 13.1 Å². The fourth-order valence-corrected chi connectivity index (χ4v) is 3.01. The van der Waals surface area contributed by atoms with Crippen LogP contribution in [0.1, 0.15) is 25.3 Å². The summed E-state index contributed by atoms with van der Waals surface area (Å²) in [5, 5.41) is 4.79. The van der Waals surface area contributed by atoms with Crippen molar-refractivity contribution in [3.63, 3.8) is 0 Å². The van der Waals surface area contributed by atoms with Crippen molar-refractivity contribution in [2.45, 2.75) is 26.2 Å². The summed E-state index contributed by atoms with van der Waals surface area (Å²) >= 11 is 12.0. The van der Waals surface area contributed by atoms with E-state index in [4.69, 9.17) is 23.2 Å². The minimum Gasteiger partial charge on any atom is -0.316 e. The van der Waals surface area contributed by atoms with Crippen molar-refractivity contribution in [2.75, 3.05) is 13.1 Å². The Balaban J connectivity index is 2.05. The predicted octanol–water partition coefficient (Wildman–Crippen LogP) is 4.17. The average molecular weight is 272 g/mol. The first-order valence-electron chi connectivity index (χ1n) is 6.35. The Bertz CT molecular complexity index is 378. The van der Waals surface area contributed by atoms with Gasteiger partial charge in [-0.1, -0.05) is 42.6 Å². The molecule has 1 N–H and O–H groups in total. The molecule has 2 rings (SSSR count). The molecule has 1 aliphatic rings. The molecule has 1 aromatic rings. The molecule has 1 aliphatic heterocycles. The lowest BCUT2D eigenvalue weighted by Crippen LogP contribution is -2.37. The second-order valence-corrected chi connectivity index (χ2v) is 5.69. The van der Waals surface area contributed by atoms with Gasteiger partial charge in [0, 0.05) is 0 Å². The second kappa shape index (κ2) is 6.08. The van der Waals surface area contributed by atoms with Gasteiger partial charge in [-0.3, -0.25) is 0 Å². The van der Waals surface area contributed by atoms with Gasteiger partial charge >= 0.3 is 0 Å². The Morgan fingerprint density at radius 3 is 2.76 bits per heavy atom. The smallest absolute Gasteiger partial charge is 0.0595 e. The molecule has 0 amide bonds. The molecule has 0 aliphatic carbocycles. The highest BCUT2D eigenvalue weighted by Crippen LogP contribution is 2.29. The van der Waals surface area contributed by atoms with E-state index in [0.717, 1.165) is 31.3 Å². The maximum Gasteiger partial charge on any atom is 0.0595 e. The first kappa shape index (κ1) is 13.2. The highest BCUT2D eigenvalue weighted by atomic mass is 35.5. The lowest BCUT2D eigenvalue weighted by molar-refractivity contribution is 0.246. The number of hydrogen-bond donors (Lipinski definition) is 1. The number of rotatable bonds is 3. The third kappa shape index (κ3) is 3.37. The first-order chi connectivity index (χ1) is 8.20. The first-order valence-corrected chi connectivity index (χ1v) is 7.11. The Hall–Kier alpha value is -0.240. The van der Waals surface area contributed by atoms with Crippen LogP contribution in [0.2, 0.25) is 10.0 Å². The van der Waals surface area contributed by atoms with Gasteiger partial charge in [0.05, 0.1) is 10.0 Å². The van der Waals surface area contributed by atoms with Crippen LogP contribution in [0.15, 0.2) is 18.2 Å². The molecule has 1 aromatic carbocycles. The summed E-state index contributed by atoms with van der Waals surface area (Å²) in [7, 11) is 0. The third-order valence-electron chi connectivity index (χ3n) is 3.77. The van der Waals surface area contributed by atoms with E-state index in [9.17, 15) is 0 Å². The molecule has 1 nitrogen and oxygen atoms in total. The minimum atomic E-state index is 0.646. The van der Waals surface area contributed by atoms with E-state index >= 15 is 0 Å². The molecule has 0 saturated carbocycles. The molecule has 17 heavy (non-hydrogen) atoms. The van der Waals surface area contributed by atoms with Crippen molar-refractivity contribution < 1.29 is 0 Å². The molecule has 1 saturated heterocycles. The van der Waals surface area contributed by atoms with E-state index in [1.807, 2.05) is 12.1 Å². The summed E-state index contributed by atoms with van der Waals surface area (Å²) in [5.74, 6) is 1.57. The number of nitrogens with one attached hydrogen (secondary N) is 1. The summed E-state index contributed by atoms with van der Waals surface area (Å²) in [4.78, 5) is 0. The fraction of sp³-hybridized carbons (Fsp3) is 0.571. The molecule has 1 fully saturated rings. The van der Waals surface area contributed by atoms with Crippen LogP contribution in [0.5, 0.6) is 0 Å². The fourth-order valence-electron chi connectivity index (χ4n) is 2.69. The van der Waals surface area contributed by atoms with Crippen molar-refractivity contribution in [3.8, 4) is 0 Å². The SMILES string of the molecule is CC[C@@H]1CNCC[C@@H]1Cc1ccc(Cl)c(Cl)c1. The molecular weight excluding hydrogens is 253 g/mol. The van der Waals surface area contributed by atoms with E-state index in [0.29, 0.717) is 10.0 Å². The summed E-state index contributed by atoms with van der Waals surface area (Å²) < 4.78 is 0. The van der Waals surface area contributed by atoms with Gasteiger partial charge in [-0.05, 0) is 55.5 Å². The van der Waals surface area contributed by atoms with Crippen LogP contribution in [0.4, 0.5) is 0 Å². The lowest BCUT2D eigenvalue weighted by atomic mass is 9.80. The number of hydrogen-bond acceptors (Lipinski definition) is 1. The number of piperidine rings is 1. The van der Waals surface area contributed by atoms with E-state index in [1.165, 1.54) is 18.4 Å². The predicted molar refractivity (Wildman–Crippen MR) is 74.9 cm³/mol. The van der Waals surface area contributed by atoms with Crippen LogP contribution in [0.3, 0.4) is 0 Å². The lowest BCUT2D eigenvalue weighted by Gasteiger charge is -2.31. The topological polar surface area (TPSA) is 12.0 Å². The summed E-state index contributed by atoms with van der Waals surface area (Å²) in [6, 6.07) is 6.02. The molecule has 2 atom stereocenters. The molecule has 0 bridgehead atoms. The Labute approximate surface area is 114 Å². The summed E-state index contributed by atoms with van der Waals surface area (Å²) in [6.07, 6.45) is 3.63. The standard InChI is InChI=1S/C14H19Cl2N/c1-2-11-9-17-6-5-12(11)7-10-3-4-13(15)14(16)8-10/h3-4,8,11-12,17H,2,5-7,9H2,1H3/t11-,12-/m1/s1. The van der Waals surface area contributed by atoms with Gasteiger partial charge in [0.2, 0.25) is 0 Å². The quantitative estimate of drug-likeness (QED) is 0.870. The van der Waals surface area contributed by atoms with Gasteiger partial charge in [-0.15, -0.1) is 0 Å². The van der Waals surface area contributed by atoms with Crippen molar-refractivity contribution in [2.24, 2.45) is 11.8 Å². The van der Waals surface area contributed by atoms with Crippen LogP contribution in [0.25, 0.3) is 0 Å². The summed E-state index contributed by atoms with van der Waals surface area (Å²) in [5.41, 5.74) is 1.31. The van der Waals surface area contributed by atoms with E-state index in [1.54, 1.807) is 0 Å². The van der Waals surface area contributed by atoms with E-state index in [-0.39, 0.29) is 0 Å². The van der Waals surface area contributed by atoms with Crippen molar-refractivity contribution in [1.29, 1.82) is 0 Å². The van der Waals surface area contributed by atoms with E-state index < -0.39 is 0 Å². The highest BCUT2D eigenvalue weighted by molar-refractivity contribution is 6.42. The Kier molecular flexibility index (Phi) is 4.72. The van der Waals surface area contributed by atoms with Gasteiger partial charge in [0.25, 0.3) is 0 Å². The molecule has 1 heterocycles. The maximum absolute atomic E-state index is 6.06. The second-order valence-electron chi connectivity index (χ2n) is 4.87. The van der Waals surface area contributed by atoms with Crippen LogP contribution < -0.4 is 5.32 Å². The zero-order valence-corrected chi connectivity index (χ0v) is 11.7. The molecular formula is C14H19Cl2N. The van der Waals surface area contributed by atoms with Gasteiger partial charge in [0.1, 0.15) is 0 Å². The van der Waals surface area contributed by atoms with Crippen molar-refractivity contribution in [3.05, 3.63) is 33.8 Å². The molecule has 94 valence electrons. The molecule has 0 radical (unpaired) electrons. The number of halogens is 2. The number of benzene rings is 1. The molecule has 0 aromatic heterocycles. The monoisotopic (exact) mass is 271 g/mol. The van der Waals surface area contributed by atoms with Gasteiger partial charge in [-0.25, -0.2) is 0 Å². The van der Waals surface area contributed by atoms with Crippen LogP contribution in [0, 0.1) is 11.8 Å². The van der Waals surface area contributed by atoms with Gasteiger partial charge in [-0.2, -0.15) is 0 Å². The summed E-state index contributed by atoms with van der Waals surface area (Å²) in [6.45, 7) is 4.57. The normalized spacial score (nSPS) is 24.9. The Morgan fingerprint density at radius 2 is 2.06 bits per heavy atom. The van der Waals surface area contributed by atoms with Crippen LogP contribution in [-0.2, 0) is 6.42 Å². The Morgan fingerprint density at radius 1 is 1.24 bits per heavy atom. The molecule has 3 heteroatoms. The zero-order valence-electron chi connectivity index (χ0n) is 10.2. The molecule has 0 unspecified atom stereocenters. The maximum atomic E-state index is 6.06. The van der Waals surface area contributed by atoms with Crippen molar-refractivity contribution in [1.82, 2.24) is 5.32 Å².